The number of pyridine rings is 1. The predicted octanol–water partition coefficient (Wildman–Crippen LogP) is 2.38. The molecule has 1 aromatic rings. The molecule has 18 heavy (non-hydrogen) atoms. The Morgan fingerprint density at radius 2 is 2.33 bits per heavy atom. The van der Waals surface area contributed by atoms with Crippen LogP contribution in [0.25, 0.3) is 0 Å². The van der Waals surface area contributed by atoms with Crippen LogP contribution in [0, 0.1) is 0 Å². The third-order valence-corrected chi connectivity index (χ3v) is 3.54. The summed E-state index contributed by atoms with van der Waals surface area (Å²) >= 11 is 1.89. The molecule has 0 radical (unpaired) electrons. The SMILES string of the molecule is CCSCCC(C)NC(=O)c1cnccc1NC. The summed E-state index contributed by atoms with van der Waals surface area (Å²) in [5.41, 5.74) is 1.40. The van der Waals surface area contributed by atoms with Gasteiger partial charge in [0, 0.05) is 31.2 Å². The quantitative estimate of drug-likeness (QED) is 0.745. The Balaban J connectivity index is 2.54. The van der Waals surface area contributed by atoms with Crippen molar-refractivity contribution < 1.29 is 4.79 Å². The largest absolute Gasteiger partial charge is 0.387 e. The van der Waals surface area contributed by atoms with E-state index in [1.807, 2.05) is 18.7 Å². The smallest absolute Gasteiger partial charge is 0.255 e. The van der Waals surface area contributed by atoms with Crippen LogP contribution in [0.2, 0.25) is 0 Å². The average molecular weight is 267 g/mol. The van der Waals surface area contributed by atoms with E-state index in [4.69, 9.17) is 0 Å². The van der Waals surface area contributed by atoms with Crippen LogP contribution in [-0.2, 0) is 0 Å². The predicted molar refractivity (Wildman–Crippen MR) is 78.3 cm³/mol. The number of hydrogen-bond acceptors (Lipinski definition) is 4. The van der Waals surface area contributed by atoms with Gasteiger partial charge in [0.1, 0.15) is 0 Å². The van der Waals surface area contributed by atoms with Gasteiger partial charge in [0.25, 0.3) is 5.91 Å². The molecule has 0 saturated carbocycles. The van der Waals surface area contributed by atoms with Crippen LogP contribution in [0.1, 0.15) is 30.6 Å². The Hall–Kier alpha value is -1.23. The fraction of sp³-hybridized carbons (Fsp3) is 0.538. The molecular formula is C13H21N3OS. The van der Waals surface area contributed by atoms with E-state index in [0.29, 0.717) is 5.56 Å². The van der Waals surface area contributed by atoms with Crippen molar-refractivity contribution in [1.82, 2.24) is 10.3 Å². The zero-order valence-corrected chi connectivity index (χ0v) is 12.0. The number of anilines is 1. The highest BCUT2D eigenvalue weighted by Gasteiger charge is 2.13. The van der Waals surface area contributed by atoms with Gasteiger partial charge in [-0.3, -0.25) is 9.78 Å². The summed E-state index contributed by atoms with van der Waals surface area (Å²) in [6.07, 6.45) is 4.25. The minimum atomic E-state index is -0.0681. The summed E-state index contributed by atoms with van der Waals surface area (Å²) in [6.45, 7) is 4.17. The van der Waals surface area contributed by atoms with E-state index >= 15 is 0 Å². The maximum Gasteiger partial charge on any atom is 0.255 e. The van der Waals surface area contributed by atoms with Crippen molar-refractivity contribution in [3.05, 3.63) is 24.0 Å². The summed E-state index contributed by atoms with van der Waals surface area (Å²) in [5, 5.41) is 5.99. The molecule has 0 saturated heterocycles. The third-order valence-electron chi connectivity index (χ3n) is 2.61. The number of amides is 1. The van der Waals surface area contributed by atoms with Crippen LogP contribution in [0.3, 0.4) is 0 Å². The number of nitrogens with zero attached hydrogens (tertiary/aromatic N) is 1. The molecule has 1 rings (SSSR count). The molecule has 0 aliphatic rings. The van der Waals surface area contributed by atoms with Gasteiger partial charge in [0.2, 0.25) is 0 Å². The van der Waals surface area contributed by atoms with Crippen molar-refractivity contribution in [3.63, 3.8) is 0 Å². The summed E-state index contributed by atoms with van der Waals surface area (Å²) < 4.78 is 0. The van der Waals surface area contributed by atoms with E-state index < -0.39 is 0 Å². The Morgan fingerprint density at radius 1 is 1.56 bits per heavy atom. The average Bonchev–Trinajstić information content (AvgIpc) is 2.39. The highest BCUT2D eigenvalue weighted by molar-refractivity contribution is 7.99. The second kappa shape index (κ2) is 7.97. The first-order valence-corrected chi connectivity index (χ1v) is 7.34. The van der Waals surface area contributed by atoms with E-state index in [1.165, 1.54) is 0 Å². The molecule has 0 spiro atoms. The lowest BCUT2D eigenvalue weighted by Crippen LogP contribution is -2.33. The summed E-state index contributed by atoms with van der Waals surface area (Å²) in [4.78, 5) is 16.1. The van der Waals surface area contributed by atoms with Gasteiger partial charge in [-0.25, -0.2) is 0 Å². The number of aromatic nitrogens is 1. The van der Waals surface area contributed by atoms with Crippen molar-refractivity contribution >= 4 is 23.4 Å². The number of rotatable bonds is 7. The fourth-order valence-corrected chi connectivity index (χ4v) is 2.38. The molecule has 2 N–H and O–H groups in total. The minimum absolute atomic E-state index is 0.0681. The number of carbonyl (C=O) groups excluding carboxylic acids is 1. The molecule has 1 aromatic heterocycles. The molecule has 0 bridgehead atoms. The van der Waals surface area contributed by atoms with Crippen LogP contribution in [-0.4, -0.2) is 35.5 Å². The van der Waals surface area contributed by atoms with Crippen molar-refractivity contribution in [1.29, 1.82) is 0 Å². The van der Waals surface area contributed by atoms with Crippen LogP contribution in [0.5, 0.6) is 0 Å². The Morgan fingerprint density at radius 3 is 3.00 bits per heavy atom. The molecular weight excluding hydrogens is 246 g/mol. The summed E-state index contributed by atoms with van der Waals surface area (Å²) in [5.74, 6) is 2.12. The number of thioether (sulfide) groups is 1. The van der Waals surface area contributed by atoms with E-state index in [-0.39, 0.29) is 11.9 Å². The van der Waals surface area contributed by atoms with E-state index in [0.717, 1.165) is 23.6 Å². The Bertz CT molecular complexity index is 384. The molecule has 1 atom stereocenters. The van der Waals surface area contributed by atoms with Crippen LogP contribution < -0.4 is 10.6 Å². The summed E-state index contributed by atoms with van der Waals surface area (Å²) in [7, 11) is 1.80. The number of hydrogen-bond donors (Lipinski definition) is 2. The third kappa shape index (κ3) is 4.56. The zero-order chi connectivity index (χ0) is 13.4. The maximum absolute atomic E-state index is 12.1. The lowest BCUT2D eigenvalue weighted by molar-refractivity contribution is 0.0940. The molecule has 1 unspecified atom stereocenters. The highest BCUT2D eigenvalue weighted by atomic mass is 32.2. The summed E-state index contributed by atoms with van der Waals surface area (Å²) in [6, 6.07) is 1.98. The Kier molecular flexibility index (Phi) is 6.57. The molecule has 0 aliphatic carbocycles. The van der Waals surface area contributed by atoms with E-state index in [2.05, 4.69) is 22.5 Å². The maximum atomic E-state index is 12.1. The van der Waals surface area contributed by atoms with Crippen LogP contribution in [0.4, 0.5) is 5.69 Å². The van der Waals surface area contributed by atoms with Crippen LogP contribution in [0.15, 0.2) is 18.5 Å². The molecule has 1 amide bonds. The van der Waals surface area contributed by atoms with Crippen molar-refractivity contribution in [3.8, 4) is 0 Å². The molecule has 0 aliphatic heterocycles. The fourth-order valence-electron chi connectivity index (χ4n) is 1.57. The van der Waals surface area contributed by atoms with Gasteiger partial charge in [-0.1, -0.05) is 6.92 Å². The normalized spacial score (nSPS) is 11.9. The van der Waals surface area contributed by atoms with E-state index in [9.17, 15) is 4.79 Å². The van der Waals surface area contributed by atoms with Gasteiger partial charge in [-0.15, -0.1) is 0 Å². The first-order chi connectivity index (χ1) is 8.69. The van der Waals surface area contributed by atoms with Crippen molar-refractivity contribution in [2.75, 3.05) is 23.9 Å². The van der Waals surface area contributed by atoms with Gasteiger partial charge < -0.3 is 10.6 Å². The van der Waals surface area contributed by atoms with Gasteiger partial charge in [-0.2, -0.15) is 11.8 Å². The lowest BCUT2D eigenvalue weighted by atomic mass is 10.2. The molecule has 4 nitrogen and oxygen atoms in total. The zero-order valence-electron chi connectivity index (χ0n) is 11.2. The van der Waals surface area contributed by atoms with Gasteiger partial charge in [-0.05, 0) is 30.9 Å². The molecule has 0 fully saturated rings. The Labute approximate surface area is 113 Å². The monoisotopic (exact) mass is 267 g/mol. The first kappa shape index (κ1) is 14.8. The second-order valence-corrected chi connectivity index (χ2v) is 5.43. The lowest BCUT2D eigenvalue weighted by Gasteiger charge is -2.15. The van der Waals surface area contributed by atoms with E-state index in [1.54, 1.807) is 25.5 Å². The van der Waals surface area contributed by atoms with Crippen molar-refractivity contribution in [2.24, 2.45) is 0 Å². The number of carbonyl (C=O) groups is 1. The van der Waals surface area contributed by atoms with Gasteiger partial charge >= 0.3 is 0 Å². The molecule has 100 valence electrons. The molecule has 5 heteroatoms. The van der Waals surface area contributed by atoms with Gasteiger partial charge in [0.05, 0.1) is 5.56 Å². The molecule has 0 aromatic carbocycles. The van der Waals surface area contributed by atoms with Gasteiger partial charge in [0.15, 0.2) is 0 Å². The standard InChI is InChI=1S/C13H21N3OS/c1-4-18-8-6-10(2)16-13(17)11-9-15-7-5-12(11)14-3/h5,7,9-10H,4,6,8H2,1-3H3,(H,14,15)(H,16,17). The number of nitrogens with one attached hydrogen (secondary N) is 2. The highest BCUT2D eigenvalue weighted by Crippen LogP contribution is 2.13. The van der Waals surface area contributed by atoms with Crippen molar-refractivity contribution in [2.45, 2.75) is 26.3 Å². The molecule has 1 heterocycles. The minimum Gasteiger partial charge on any atom is -0.387 e. The topological polar surface area (TPSA) is 54.0 Å². The second-order valence-electron chi connectivity index (χ2n) is 4.03. The van der Waals surface area contributed by atoms with Crippen LogP contribution >= 0.6 is 11.8 Å². The first-order valence-electron chi connectivity index (χ1n) is 6.19.